The van der Waals surface area contributed by atoms with E-state index in [2.05, 4.69) is 36.2 Å². The molecule has 0 saturated carbocycles. The average molecular weight is 216 g/mol. The van der Waals surface area contributed by atoms with Gasteiger partial charge in [-0.2, -0.15) is 11.8 Å². The van der Waals surface area contributed by atoms with Crippen LogP contribution in [0.3, 0.4) is 0 Å². The van der Waals surface area contributed by atoms with Crippen molar-refractivity contribution < 1.29 is 0 Å². The zero-order valence-corrected chi connectivity index (χ0v) is 10.3. The van der Waals surface area contributed by atoms with E-state index in [0.29, 0.717) is 6.04 Å². The Labute approximate surface area is 92.6 Å². The van der Waals surface area contributed by atoms with Crippen molar-refractivity contribution in [2.45, 2.75) is 44.4 Å². The van der Waals surface area contributed by atoms with Crippen LogP contribution in [0.4, 0.5) is 0 Å². The summed E-state index contributed by atoms with van der Waals surface area (Å²) in [6.45, 7) is 8.10. The molecule has 0 spiro atoms. The minimum absolute atomic E-state index is 0.684. The van der Waals surface area contributed by atoms with Crippen molar-refractivity contribution in [1.29, 1.82) is 0 Å². The highest BCUT2D eigenvalue weighted by atomic mass is 32.2. The lowest BCUT2D eigenvalue weighted by molar-refractivity contribution is 0.529. The van der Waals surface area contributed by atoms with Crippen molar-refractivity contribution in [3.8, 4) is 0 Å². The number of hydrogen-bond acceptors (Lipinski definition) is 3. The fraction of sp³-hybridized carbons (Fsp3) is 1.00. The first-order chi connectivity index (χ1) is 6.83. The Hall–Kier alpha value is 0.270. The molecule has 0 aromatic heterocycles. The first-order valence-electron chi connectivity index (χ1n) is 5.88. The smallest absolute Gasteiger partial charge is 0.00716 e. The molecule has 0 amide bonds. The first-order valence-corrected chi connectivity index (χ1v) is 6.93. The van der Waals surface area contributed by atoms with Crippen LogP contribution in [-0.2, 0) is 0 Å². The van der Waals surface area contributed by atoms with Gasteiger partial charge in [-0.15, -0.1) is 0 Å². The molecule has 1 aliphatic heterocycles. The highest BCUT2D eigenvalue weighted by Gasteiger charge is 2.12. The Bertz CT molecular complexity index is 135. The second-order valence-electron chi connectivity index (χ2n) is 4.08. The van der Waals surface area contributed by atoms with Crippen molar-refractivity contribution in [3.63, 3.8) is 0 Å². The quantitative estimate of drug-likeness (QED) is 0.663. The van der Waals surface area contributed by atoms with Crippen LogP contribution in [0.25, 0.3) is 0 Å². The fourth-order valence-electron chi connectivity index (χ4n) is 1.64. The van der Waals surface area contributed by atoms with Crippen molar-refractivity contribution >= 4 is 11.8 Å². The summed E-state index contributed by atoms with van der Waals surface area (Å²) in [7, 11) is 0. The summed E-state index contributed by atoms with van der Waals surface area (Å²) in [5.74, 6) is 1.27. The monoisotopic (exact) mass is 216 g/mol. The molecule has 2 nitrogen and oxygen atoms in total. The van der Waals surface area contributed by atoms with Crippen molar-refractivity contribution in [2.24, 2.45) is 0 Å². The molecular weight excluding hydrogens is 192 g/mol. The van der Waals surface area contributed by atoms with E-state index in [1.54, 1.807) is 0 Å². The predicted octanol–water partition coefficient (Wildman–Crippen LogP) is 1.86. The Morgan fingerprint density at radius 3 is 2.79 bits per heavy atom. The zero-order chi connectivity index (χ0) is 10.2. The molecule has 14 heavy (non-hydrogen) atoms. The minimum Gasteiger partial charge on any atom is -0.317 e. The zero-order valence-electron chi connectivity index (χ0n) is 9.51. The molecule has 2 N–H and O–H groups in total. The summed E-state index contributed by atoms with van der Waals surface area (Å²) >= 11 is 2.15. The Balaban J connectivity index is 1.92. The maximum Gasteiger partial charge on any atom is 0.00716 e. The molecule has 1 aliphatic rings. The van der Waals surface area contributed by atoms with Gasteiger partial charge in [0.2, 0.25) is 0 Å². The summed E-state index contributed by atoms with van der Waals surface area (Å²) in [5, 5.41) is 7.85. The number of hydrogen-bond donors (Lipinski definition) is 2. The van der Waals surface area contributed by atoms with Gasteiger partial charge in [-0.05, 0) is 39.3 Å². The molecule has 1 saturated heterocycles. The Morgan fingerprint density at radius 1 is 1.43 bits per heavy atom. The molecule has 1 heterocycles. The van der Waals surface area contributed by atoms with E-state index >= 15 is 0 Å². The van der Waals surface area contributed by atoms with E-state index in [-0.39, 0.29) is 0 Å². The molecule has 1 fully saturated rings. The van der Waals surface area contributed by atoms with E-state index in [9.17, 15) is 0 Å². The normalized spacial score (nSPS) is 21.0. The van der Waals surface area contributed by atoms with Gasteiger partial charge >= 0.3 is 0 Å². The second kappa shape index (κ2) is 7.55. The minimum atomic E-state index is 0.684. The van der Waals surface area contributed by atoms with Crippen LogP contribution in [0.5, 0.6) is 0 Å². The average Bonchev–Trinajstić information content (AvgIpc) is 2.25. The summed E-state index contributed by atoms with van der Waals surface area (Å²) in [6.07, 6.45) is 3.94. The highest BCUT2D eigenvalue weighted by Crippen LogP contribution is 2.19. The SMILES string of the molecule is CCC(C)NCCSC1CCNCC1. The number of rotatable bonds is 6. The molecular formula is C11H24N2S. The third-order valence-electron chi connectivity index (χ3n) is 2.85. The summed E-state index contributed by atoms with van der Waals surface area (Å²) in [6, 6.07) is 0.684. The lowest BCUT2D eigenvalue weighted by atomic mass is 10.2. The van der Waals surface area contributed by atoms with Gasteiger partial charge in [-0.1, -0.05) is 6.92 Å². The molecule has 1 rings (SSSR count). The van der Waals surface area contributed by atoms with Crippen LogP contribution in [0.15, 0.2) is 0 Å². The number of piperidine rings is 1. The van der Waals surface area contributed by atoms with E-state index in [1.807, 2.05) is 0 Å². The van der Waals surface area contributed by atoms with Crippen LogP contribution in [0.1, 0.15) is 33.1 Å². The van der Waals surface area contributed by atoms with E-state index in [0.717, 1.165) is 5.25 Å². The van der Waals surface area contributed by atoms with Crippen molar-refractivity contribution in [1.82, 2.24) is 10.6 Å². The topological polar surface area (TPSA) is 24.1 Å². The van der Waals surface area contributed by atoms with Crippen LogP contribution in [0, 0.1) is 0 Å². The van der Waals surface area contributed by atoms with Crippen LogP contribution < -0.4 is 10.6 Å². The fourth-order valence-corrected chi connectivity index (χ4v) is 2.78. The largest absolute Gasteiger partial charge is 0.317 e. The van der Waals surface area contributed by atoms with Gasteiger partial charge in [0, 0.05) is 23.6 Å². The van der Waals surface area contributed by atoms with E-state index in [4.69, 9.17) is 0 Å². The Kier molecular flexibility index (Phi) is 6.65. The van der Waals surface area contributed by atoms with E-state index < -0.39 is 0 Å². The van der Waals surface area contributed by atoms with Crippen LogP contribution in [0.2, 0.25) is 0 Å². The lowest BCUT2D eigenvalue weighted by Gasteiger charge is -2.22. The first kappa shape index (κ1) is 12.3. The van der Waals surface area contributed by atoms with Gasteiger partial charge in [-0.25, -0.2) is 0 Å². The van der Waals surface area contributed by atoms with Gasteiger partial charge in [-0.3, -0.25) is 0 Å². The van der Waals surface area contributed by atoms with Gasteiger partial charge in [0.1, 0.15) is 0 Å². The highest BCUT2D eigenvalue weighted by molar-refractivity contribution is 7.99. The Morgan fingerprint density at radius 2 is 2.14 bits per heavy atom. The number of thioether (sulfide) groups is 1. The third kappa shape index (κ3) is 5.23. The third-order valence-corrected chi connectivity index (χ3v) is 4.23. The van der Waals surface area contributed by atoms with Crippen molar-refractivity contribution in [3.05, 3.63) is 0 Å². The van der Waals surface area contributed by atoms with Crippen LogP contribution in [-0.4, -0.2) is 36.7 Å². The molecule has 0 aliphatic carbocycles. The molecule has 0 bridgehead atoms. The van der Waals surface area contributed by atoms with Gasteiger partial charge in [0.05, 0.1) is 0 Å². The van der Waals surface area contributed by atoms with Crippen LogP contribution >= 0.6 is 11.8 Å². The second-order valence-corrected chi connectivity index (χ2v) is 5.49. The maximum absolute atomic E-state index is 3.54. The predicted molar refractivity (Wildman–Crippen MR) is 66.1 cm³/mol. The molecule has 0 radical (unpaired) electrons. The molecule has 84 valence electrons. The van der Waals surface area contributed by atoms with Gasteiger partial charge < -0.3 is 10.6 Å². The van der Waals surface area contributed by atoms with Gasteiger partial charge in [0.15, 0.2) is 0 Å². The summed E-state index contributed by atoms with van der Waals surface area (Å²) in [4.78, 5) is 0. The standard InChI is InChI=1S/C11H24N2S/c1-3-10(2)13-8-9-14-11-4-6-12-7-5-11/h10-13H,3-9H2,1-2H3. The maximum atomic E-state index is 3.54. The van der Waals surface area contributed by atoms with Crippen molar-refractivity contribution in [2.75, 3.05) is 25.4 Å². The molecule has 1 atom stereocenters. The number of nitrogens with one attached hydrogen (secondary N) is 2. The summed E-state index contributed by atoms with van der Waals surface area (Å²) < 4.78 is 0. The molecule has 0 aromatic rings. The molecule has 1 unspecified atom stereocenters. The summed E-state index contributed by atoms with van der Waals surface area (Å²) in [5.41, 5.74) is 0. The molecule has 0 aromatic carbocycles. The molecule has 3 heteroatoms. The van der Waals surface area contributed by atoms with Gasteiger partial charge in [0.25, 0.3) is 0 Å². The lowest BCUT2D eigenvalue weighted by Crippen LogP contribution is -2.31. The van der Waals surface area contributed by atoms with E-state index in [1.165, 1.54) is 44.6 Å².